The number of β-lactam (4-membered cyclic amide) rings is 1. The Kier molecular flexibility index (Phi) is 8.11. The number of fused-ring (bicyclic) bond motifs is 1. The number of oxime groups is 1. The van der Waals surface area contributed by atoms with Gasteiger partial charge in [0.25, 0.3) is 11.8 Å². The number of carboxylic acid groups (broad SMARTS) is 2. The van der Waals surface area contributed by atoms with E-state index in [0.29, 0.717) is 16.4 Å². The number of hydrogen-bond donors (Lipinski definition) is 6. The Labute approximate surface area is 232 Å². The quantitative estimate of drug-likeness (QED) is 0.0453. The molecule has 0 spiro atoms. The molecular formula is C20H22N9O7S3+. The number of nitrogens with two attached hydrogens (primary N) is 3. The number of nitrogen functional groups attached to an aromatic ring is 3. The van der Waals surface area contributed by atoms with Gasteiger partial charge in [-0.2, -0.15) is 0 Å². The van der Waals surface area contributed by atoms with E-state index in [-0.39, 0.29) is 39.7 Å². The molecule has 4 rings (SSSR count). The molecule has 2 aromatic heterocycles. The Morgan fingerprint density at radius 3 is 2.67 bits per heavy atom. The van der Waals surface area contributed by atoms with Crippen molar-refractivity contribution < 1.29 is 38.8 Å². The van der Waals surface area contributed by atoms with Gasteiger partial charge >= 0.3 is 17.9 Å². The van der Waals surface area contributed by atoms with Crippen LogP contribution in [-0.2, 0) is 31.1 Å². The molecular weight excluding hydrogens is 574 g/mol. The van der Waals surface area contributed by atoms with Crippen LogP contribution in [0, 0.1) is 0 Å². The lowest BCUT2D eigenvalue weighted by molar-refractivity contribution is -0.645. The fourth-order valence-corrected chi connectivity index (χ4v) is 6.51. The summed E-state index contributed by atoms with van der Waals surface area (Å²) < 4.78 is 1.50. The molecule has 206 valence electrons. The lowest BCUT2D eigenvalue weighted by Crippen LogP contribution is -2.71. The number of nitrogens with zero attached hydrogens (tertiary/aromatic N) is 5. The van der Waals surface area contributed by atoms with E-state index in [4.69, 9.17) is 27.1 Å². The molecule has 39 heavy (non-hydrogen) atoms. The molecule has 4 heterocycles. The number of amides is 2. The summed E-state index contributed by atoms with van der Waals surface area (Å²) in [6.45, 7) is -0.811. The molecule has 0 saturated carbocycles. The predicted octanol–water partition coefficient (Wildman–Crippen LogP) is -1.55. The van der Waals surface area contributed by atoms with Gasteiger partial charge < -0.3 is 37.6 Å². The molecule has 1 fully saturated rings. The van der Waals surface area contributed by atoms with Crippen LogP contribution in [0.25, 0.3) is 0 Å². The number of aromatic nitrogens is 3. The summed E-state index contributed by atoms with van der Waals surface area (Å²) in [5.41, 5.74) is 17.3. The predicted molar refractivity (Wildman–Crippen MR) is 141 cm³/mol. The average molecular weight is 597 g/mol. The fraction of sp³-hybridized carbons (Fsp3) is 0.300. The highest BCUT2D eigenvalue weighted by Crippen LogP contribution is 2.41. The third kappa shape index (κ3) is 5.83. The third-order valence-electron chi connectivity index (χ3n) is 5.48. The first-order chi connectivity index (χ1) is 18.5. The van der Waals surface area contributed by atoms with Gasteiger partial charge in [0.15, 0.2) is 21.7 Å². The molecule has 0 radical (unpaired) electrons. The van der Waals surface area contributed by atoms with Crippen LogP contribution in [0.4, 0.5) is 16.9 Å². The zero-order valence-electron chi connectivity index (χ0n) is 20.1. The lowest BCUT2D eigenvalue weighted by Gasteiger charge is -2.49. The Morgan fingerprint density at radius 1 is 1.31 bits per heavy atom. The Balaban J connectivity index is 1.50. The molecule has 16 nitrogen and oxygen atoms in total. The van der Waals surface area contributed by atoms with Gasteiger partial charge in [0, 0.05) is 23.0 Å². The Bertz CT molecular complexity index is 1400. The van der Waals surface area contributed by atoms with E-state index in [9.17, 15) is 24.3 Å². The standard InChI is InChI=1S/C20H21N9O7S3/c1-28-9(21)2-10(25-19(28)22)37-4-7-5-38-17-13(16(33)29(17)14(7)18(34)35)26-15(32)12(27-36-3-11(30)31)8-6-39-20(23)24-8/h2,6,13,17H,3-5H2,1H3,(H8,21,22,23,24,25,26,30,31,32,34,35)/p+1/b27-12-/t13-,17-/m1/s1. The van der Waals surface area contributed by atoms with Crippen LogP contribution in [0.3, 0.4) is 0 Å². The molecule has 2 aromatic rings. The second kappa shape index (κ2) is 11.3. The van der Waals surface area contributed by atoms with Gasteiger partial charge in [0.05, 0.1) is 7.05 Å². The number of hydrogen-bond acceptors (Lipinski definition) is 14. The first kappa shape index (κ1) is 27.9. The molecule has 2 aliphatic rings. The largest absolute Gasteiger partial charge is 0.479 e. The molecule has 0 aliphatic carbocycles. The molecule has 2 aliphatic heterocycles. The third-order valence-corrected chi connectivity index (χ3v) is 8.49. The lowest BCUT2D eigenvalue weighted by atomic mass is 10.0. The zero-order chi connectivity index (χ0) is 28.4. The van der Waals surface area contributed by atoms with Crippen molar-refractivity contribution >= 4 is 81.2 Å². The van der Waals surface area contributed by atoms with Gasteiger partial charge in [-0.1, -0.05) is 16.9 Å². The number of nitrogens with one attached hydrogen (secondary N) is 1. The number of rotatable bonds is 10. The van der Waals surface area contributed by atoms with E-state index >= 15 is 0 Å². The minimum absolute atomic E-state index is 0.0233. The fourth-order valence-electron chi connectivity index (χ4n) is 3.57. The smallest absolute Gasteiger partial charge is 0.352 e. The van der Waals surface area contributed by atoms with Crippen LogP contribution in [0.1, 0.15) is 5.69 Å². The summed E-state index contributed by atoms with van der Waals surface area (Å²) in [5, 5.41) is 26.1. The van der Waals surface area contributed by atoms with Crippen LogP contribution < -0.4 is 27.1 Å². The second-order valence-corrected chi connectivity index (χ2v) is 11.0. The van der Waals surface area contributed by atoms with Gasteiger partial charge in [0.2, 0.25) is 6.61 Å². The minimum Gasteiger partial charge on any atom is -0.479 e. The zero-order valence-corrected chi connectivity index (χ0v) is 22.5. The Hall–Kier alpha value is -4.10. The molecule has 2 amide bonds. The first-order valence-electron chi connectivity index (χ1n) is 10.9. The molecule has 0 aromatic carbocycles. The average Bonchev–Trinajstić information content (AvgIpc) is 3.31. The molecule has 0 bridgehead atoms. The van der Waals surface area contributed by atoms with Gasteiger partial charge in [-0.05, 0) is 5.57 Å². The maximum Gasteiger partial charge on any atom is 0.352 e. The van der Waals surface area contributed by atoms with Crippen molar-refractivity contribution in [2.75, 3.05) is 35.3 Å². The number of carbonyl (C=O) groups excluding carboxylic acids is 2. The summed E-state index contributed by atoms with van der Waals surface area (Å²) in [7, 11) is 1.66. The number of anilines is 3. The Morgan fingerprint density at radius 2 is 2.05 bits per heavy atom. The number of thiazole rings is 1. The van der Waals surface area contributed by atoms with E-state index in [0.717, 1.165) is 16.2 Å². The van der Waals surface area contributed by atoms with E-state index in [1.807, 2.05) is 0 Å². The maximum absolute atomic E-state index is 13.0. The van der Waals surface area contributed by atoms with E-state index < -0.39 is 41.8 Å². The summed E-state index contributed by atoms with van der Waals surface area (Å²) in [6, 6.07) is 0.540. The van der Waals surface area contributed by atoms with Crippen molar-refractivity contribution in [3.05, 3.63) is 28.4 Å². The summed E-state index contributed by atoms with van der Waals surface area (Å²) in [4.78, 5) is 62.9. The van der Waals surface area contributed by atoms with Crippen molar-refractivity contribution in [1.29, 1.82) is 0 Å². The molecule has 1 saturated heterocycles. The highest BCUT2D eigenvalue weighted by molar-refractivity contribution is 8.01. The van der Waals surface area contributed by atoms with E-state index in [1.165, 1.54) is 33.5 Å². The highest BCUT2D eigenvalue weighted by atomic mass is 32.2. The number of carboxylic acids is 2. The number of aliphatic carboxylic acids is 2. The maximum atomic E-state index is 13.0. The minimum atomic E-state index is -1.31. The van der Waals surface area contributed by atoms with Gasteiger partial charge in [0.1, 0.15) is 22.8 Å². The number of thioether (sulfide) groups is 2. The number of carbonyl (C=O) groups is 4. The van der Waals surface area contributed by atoms with Crippen molar-refractivity contribution in [2.24, 2.45) is 12.2 Å². The van der Waals surface area contributed by atoms with Gasteiger partial charge in [-0.25, -0.2) is 19.1 Å². The topological polar surface area (TPSA) is 253 Å². The summed E-state index contributed by atoms with van der Waals surface area (Å²) in [5.74, 6) is -3.06. The van der Waals surface area contributed by atoms with Gasteiger partial charge in [-0.15, -0.1) is 28.1 Å². The molecule has 19 heteroatoms. The first-order valence-corrected chi connectivity index (χ1v) is 13.8. The van der Waals surface area contributed by atoms with Crippen molar-refractivity contribution in [1.82, 2.24) is 20.2 Å². The van der Waals surface area contributed by atoms with Gasteiger partial charge in [-0.3, -0.25) is 14.5 Å². The highest BCUT2D eigenvalue weighted by Gasteiger charge is 2.54. The van der Waals surface area contributed by atoms with Crippen molar-refractivity contribution in [2.45, 2.75) is 16.4 Å². The summed E-state index contributed by atoms with van der Waals surface area (Å²) in [6.07, 6.45) is 0. The summed E-state index contributed by atoms with van der Waals surface area (Å²) >= 11 is 3.51. The monoisotopic (exact) mass is 596 g/mol. The van der Waals surface area contributed by atoms with Crippen LogP contribution in [0.5, 0.6) is 0 Å². The molecule has 9 N–H and O–H groups in total. The van der Waals surface area contributed by atoms with Crippen LogP contribution in [-0.4, -0.2) is 84.1 Å². The van der Waals surface area contributed by atoms with Crippen LogP contribution >= 0.6 is 34.9 Å². The molecule has 2 atom stereocenters. The van der Waals surface area contributed by atoms with Crippen molar-refractivity contribution in [3.63, 3.8) is 0 Å². The normalized spacial score (nSPS) is 18.8. The second-order valence-electron chi connectivity index (χ2n) is 8.02. The molecule has 0 unspecified atom stereocenters. The van der Waals surface area contributed by atoms with Crippen LogP contribution in [0.2, 0.25) is 0 Å². The van der Waals surface area contributed by atoms with E-state index in [1.54, 1.807) is 13.1 Å². The SMILES string of the molecule is C[n+]1c(N)cc(SCC2=C(C(=O)O)N3C(=O)[C@@H](NC(=O)/C(=N\OCC(=O)O)c4csc(N)n4)[C@H]3SC2)nc1N. The van der Waals surface area contributed by atoms with Crippen LogP contribution in [0.15, 0.2) is 32.9 Å². The van der Waals surface area contributed by atoms with E-state index in [2.05, 4.69) is 20.4 Å². The van der Waals surface area contributed by atoms with Crippen molar-refractivity contribution in [3.8, 4) is 0 Å².